The topological polar surface area (TPSA) is 108 Å². The molecule has 3 rings (SSSR count). The molecule has 2 amide bonds. The molecule has 11 heteroatoms. The van der Waals surface area contributed by atoms with Gasteiger partial charge in [0.25, 0.3) is 11.8 Å². The number of hydrogen-bond donors (Lipinski definition) is 1. The van der Waals surface area contributed by atoms with Crippen molar-refractivity contribution in [3.8, 4) is 34.5 Å². The molecule has 2 aromatic carbocycles. The molecule has 1 fully saturated rings. The smallest absolute Gasteiger partial charge is 0.254 e. The summed E-state index contributed by atoms with van der Waals surface area (Å²) < 4.78 is 34.5. The molecule has 1 N–H and O–H groups in total. The maximum absolute atomic E-state index is 13.4. The number of rotatable bonds is 17. The third-order valence-electron chi connectivity index (χ3n) is 6.70. The number of hydrogen-bond acceptors (Lipinski definition) is 9. The Bertz CT molecular complexity index is 1140. The van der Waals surface area contributed by atoms with E-state index in [2.05, 4.69) is 10.2 Å². The summed E-state index contributed by atoms with van der Waals surface area (Å²) in [6.07, 6.45) is 0. The average Bonchev–Trinajstić information content (AvgIpc) is 3.00. The minimum atomic E-state index is -0.218. The number of piperazine rings is 1. The summed E-state index contributed by atoms with van der Waals surface area (Å²) in [6, 6.07) is 6.84. The third kappa shape index (κ3) is 9.06. The molecule has 238 valence electrons. The third-order valence-corrected chi connectivity index (χ3v) is 6.70. The van der Waals surface area contributed by atoms with E-state index in [1.807, 2.05) is 46.4 Å². The fourth-order valence-corrected chi connectivity index (χ4v) is 4.82. The van der Waals surface area contributed by atoms with Gasteiger partial charge in [0.1, 0.15) is 0 Å². The first kappa shape index (κ1) is 33.6. The van der Waals surface area contributed by atoms with Crippen LogP contribution in [0.15, 0.2) is 24.3 Å². The molecule has 1 saturated heterocycles. The van der Waals surface area contributed by atoms with Gasteiger partial charge in [0.05, 0.1) is 39.6 Å². The molecule has 0 aliphatic carbocycles. The largest absolute Gasteiger partial charge is 0.490 e. The Morgan fingerprint density at radius 1 is 0.605 bits per heavy atom. The number of carbonyl (C=O) groups excluding carboxylic acids is 2. The summed E-state index contributed by atoms with van der Waals surface area (Å²) in [7, 11) is 0. The summed E-state index contributed by atoms with van der Waals surface area (Å²) in [6.45, 7) is 17.6. The van der Waals surface area contributed by atoms with Gasteiger partial charge in [0.2, 0.25) is 11.5 Å². The molecule has 0 aromatic heterocycles. The molecule has 11 nitrogen and oxygen atoms in total. The monoisotopic (exact) mass is 601 g/mol. The van der Waals surface area contributed by atoms with Gasteiger partial charge in [0.15, 0.2) is 23.0 Å². The maximum atomic E-state index is 13.4. The minimum absolute atomic E-state index is 0.0800. The maximum Gasteiger partial charge on any atom is 0.254 e. The molecule has 2 aromatic rings. The van der Waals surface area contributed by atoms with Gasteiger partial charge < -0.3 is 38.6 Å². The van der Waals surface area contributed by atoms with Crippen LogP contribution in [0, 0.1) is 0 Å². The SMILES string of the molecule is CCOc1cc(C(=O)NCCN2CCN(C(=O)c3cc(OCC)c(OCC)c(OCC)c3)CC2)cc(OCC)c1OCC. The molecule has 43 heavy (non-hydrogen) atoms. The fraction of sp³-hybridized carbons (Fsp3) is 0.562. The van der Waals surface area contributed by atoms with Crippen molar-refractivity contribution in [3.05, 3.63) is 35.4 Å². The molecule has 0 radical (unpaired) electrons. The number of carbonyl (C=O) groups is 2. The van der Waals surface area contributed by atoms with E-state index in [1.54, 1.807) is 24.3 Å². The average molecular weight is 602 g/mol. The van der Waals surface area contributed by atoms with Gasteiger partial charge in [-0.15, -0.1) is 0 Å². The van der Waals surface area contributed by atoms with Crippen LogP contribution in [0.2, 0.25) is 0 Å². The van der Waals surface area contributed by atoms with Gasteiger partial charge in [-0.25, -0.2) is 0 Å². The molecule has 0 saturated carbocycles. The van der Waals surface area contributed by atoms with Gasteiger partial charge in [0, 0.05) is 50.4 Å². The van der Waals surface area contributed by atoms with Gasteiger partial charge in [-0.2, -0.15) is 0 Å². The Hall–Kier alpha value is -3.86. The van der Waals surface area contributed by atoms with E-state index in [-0.39, 0.29) is 11.8 Å². The van der Waals surface area contributed by atoms with Crippen LogP contribution in [0.3, 0.4) is 0 Å². The van der Waals surface area contributed by atoms with Crippen molar-refractivity contribution < 1.29 is 38.0 Å². The Kier molecular flexibility index (Phi) is 13.5. The summed E-state index contributed by atoms with van der Waals surface area (Å²) in [5.41, 5.74) is 0.947. The standard InChI is InChI=1S/C32H47N3O8/c1-7-38-25-19-23(20-26(39-8-2)29(25)42-11-5)31(36)33-13-14-34-15-17-35(18-16-34)32(37)24-21-27(40-9-3)30(43-12-6)28(22-24)41-10-4/h19-22H,7-18H2,1-6H3,(H,33,36). The van der Waals surface area contributed by atoms with Crippen LogP contribution < -0.4 is 33.7 Å². The normalized spacial score (nSPS) is 13.3. The second-order valence-electron chi connectivity index (χ2n) is 9.59. The Morgan fingerprint density at radius 3 is 1.40 bits per heavy atom. The van der Waals surface area contributed by atoms with Crippen molar-refractivity contribution in [2.45, 2.75) is 41.5 Å². The lowest BCUT2D eigenvalue weighted by molar-refractivity contribution is 0.0637. The highest BCUT2D eigenvalue weighted by atomic mass is 16.5. The summed E-state index contributed by atoms with van der Waals surface area (Å²) in [5, 5.41) is 3.00. The van der Waals surface area contributed by atoms with Crippen molar-refractivity contribution in [1.82, 2.24) is 15.1 Å². The van der Waals surface area contributed by atoms with Crippen molar-refractivity contribution >= 4 is 11.8 Å². The highest BCUT2D eigenvalue weighted by molar-refractivity contribution is 5.96. The summed E-state index contributed by atoms with van der Waals surface area (Å²) >= 11 is 0. The molecule has 0 spiro atoms. The Morgan fingerprint density at radius 2 is 1.00 bits per heavy atom. The van der Waals surface area contributed by atoms with E-state index in [4.69, 9.17) is 28.4 Å². The zero-order chi connectivity index (χ0) is 31.2. The van der Waals surface area contributed by atoms with E-state index < -0.39 is 0 Å². The summed E-state index contributed by atoms with van der Waals surface area (Å²) in [4.78, 5) is 30.5. The first-order valence-electron chi connectivity index (χ1n) is 15.3. The van der Waals surface area contributed by atoms with Gasteiger partial charge in [-0.05, 0) is 65.8 Å². The molecular weight excluding hydrogens is 554 g/mol. The molecule has 0 atom stereocenters. The predicted molar refractivity (Wildman–Crippen MR) is 165 cm³/mol. The van der Waals surface area contributed by atoms with Gasteiger partial charge >= 0.3 is 0 Å². The van der Waals surface area contributed by atoms with E-state index >= 15 is 0 Å². The number of ether oxygens (including phenoxy) is 6. The molecule has 1 heterocycles. The highest BCUT2D eigenvalue weighted by Gasteiger charge is 2.25. The van der Waals surface area contributed by atoms with Crippen LogP contribution in [0.1, 0.15) is 62.3 Å². The zero-order valence-corrected chi connectivity index (χ0v) is 26.5. The van der Waals surface area contributed by atoms with Crippen molar-refractivity contribution in [2.24, 2.45) is 0 Å². The lowest BCUT2D eigenvalue weighted by atomic mass is 10.1. The molecule has 1 aliphatic heterocycles. The lowest BCUT2D eigenvalue weighted by Gasteiger charge is -2.35. The quantitative estimate of drug-likeness (QED) is 0.285. The molecule has 0 unspecified atom stereocenters. The lowest BCUT2D eigenvalue weighted by Crippen LogP contribution is -2.50. The van der Waals surface area contributed by atoms with Gasteiger partial charge in [-0.1, -0.05) is 0 Å². The Labute approximate surface area is 255 Å². The minimum Gasteiger partial charge on any atom is -0.490 e. The van der Waals surface area contributed by atoms with Crippen LogP contribution in [0.4, 0.5) is 0 Å². The number of benzene rings is 2. The number of nitrogens with zero attached hydrogens (tertiary/aromatic N) is 2. The van der Waals surface area contributed by atoms with E-state index in [0.717, 1.165) is 0 Å². The highest BCUT2D eigenvalue weighted by Crippen LogP contribution is 2.40. The van der Waals surface area contributed by atoms with Crippen LogP contribution in [0.5, 0.6) is 34.5 Å². The number of amides is 2. The Balaban J connectivity index is 1.58. The van der Waals surface area contributed by atoms with Crippen molar-refractivity contribution in [2.75, 3.05) is 78.9 Å². The van der Waals surface area contributed by atoms with Crippen LogP contribution in [-0.2, 0) is 0 Å². The van der Waals surface area contributed by atoms with Crippen LogP contribution in [-0.4, -0.2) is 101 Å². The molecule has 1 aliphatic rings. The van der Waals surface area contributed by atoms with Crippen molar-refractivity contribution in [1.29, 1.82) is 0 Å². The van der Waals surface area contributed by atoms with Gasteiger partial charge in [-0.3, -0.25) is 14.5 Å². The van der Waals surface area contributed by atoms with E-state index in [1.165, 1.54) is 0 Å². The van der Waals surface area contributed by atoms with E-state index in [9.17, 15) is 9.59 Å². The first-order chi connectivity index (χ1) is 20.9. The van der Waals surface area contributed by atoms with Crippen LogP contribution >= 0.6 is 0 Å². The summed E-state index contributed by atoms with van der Waals surface area (Å²) in [5.74, 6) is 2.69. The van der Waals surface area contributed by atoms with Crippen molar-refractivity contribution in [3.63, 3.8) is 0 Å². The second-order valence-corrected chi connectivity index (χ2v) is 9.59. The predicted octanol–water partition coefficient (Wildman–Crippen LogP) is 4.27. The van der Waals surface area contributed by atoms with E-state index in [0.29, 0.717) is 125 Å². The number of nitrogens with one attached hydrogen (secondary N) is 1. The fourth-order valence-electron chi connectivity index (χ4n) is 4.82. The second kappa shape index (κ2) is 17.3. The zero-order valence-electron chi connectivity index (χ0n) is 26.5. The molecular formula is C32H47N3O8. The van der Waals surface area contributed by atoms with Crippen LogP contribution in [0.25, 0.3) is 0 Å². The molecule has 0 bridgehead atoms. The first-order valence-corrected chi connectivity index (χ1v) is 15.3.